The summed E-state index contributed by atoms with van der Waals surface area (Å²) in [6.07, 6.45) is 5.51. The maximum atomic E-state index is 12.0. The Hall–Kier alpha value is -1.56. The van der Waals surface area contributed by atoms with Crippen LogP contribution in [0.2, 0.25) is 0 Å². The van der Waals surface area contributed by atoms with Crippen molar-refractivity contribution in [1.29, 1.82) is 0 Å². The minimum atomic E-state index is -0.0760. The highest BCUT2D eigenvalue weighted by molar-refractivity contribution is 5.92. The SMILES string of the molecule is CN(CCNC(=O)c1cn2c(n1)NCCC2)C1CC1. The van der Waals surface area contributed by atoms with Crippen LogP contribution in [0, 0.1) is 0 Å². The number of hydrogen-bond donors (Lipinski definition) is 2. The molecule has 0 atom stereocenters. The summed E-state index contributed by atoms with van der Waals surface area (Å²) in [4.78, 5) is 18.6. The molecule has 1 fully saturated rings. The van der Waals surface area contributed by atoms with Gasteiger partial charge in [0, 0.05) is 38.4 Å². The van der Waals surface area contributed by atoms with Crippen molar-refractivity contribution < 1.29 is 4.79 Å². The second kappa shape index (κ2) is 5.21. The maximum Gasteiger partial charge on any atom is 0.271 e. The van der Waals surface area contributed by atoms with Crippen LogP contribution in [-0.4, -0.2) is 53.1 Å². The molecule has 6 heteroatoms. The van der Waals surface area contributed by atoms with E-state index in [1.54, 1.807) is 0 Å². The fraction of sp³-hybridized carbons (Fsp3) is 0.692. The molecule has 0 aromatic carbocycles. The van der Waals surface area contributed by atoms with Crippen LogP contribution < -0.4 is 10.6 Å². The Balaban J connectivity index is 1.50. The smallest absolute Gasteiger partial charge is 0.271 e. The summed E-state index contributed by atoms with van der Waals surface area (Å²) >= 11 is 0. The third-order valence-corrected chi connectivity index (χ3v) is 3.79. The summed E-state index contributed by atoms with van der Waals surface area (Å²) in [6.45, 7) is 3.46. The van der Waals surface area contributed by atoms with E-state index in [4.69, 9.17) is 0 Å². The standard InChI is InChI=1S/C13H21N5O/c1-17(10-3-4-10)8-6-14-12(19)11-9-18-7-2-5-15-13(18)16-11/h9-10H,2-8H2,1H3,(H,14,19)(H,15,16). The van der Waals surface area contributed by atoms with Gasteiger partial charge in [-0.3, -0.25) is 4.79 Å². The molecule has 1 aromatic heterocycles. The lowest BCUT2D eigenvalue weighted by Gasteiger charge is -2.15. The molecule has 1 aromatic rings. The van der Waals surface area contributed by atoms with Gasteiger partial charge in [0.05, 0.1) is 0 Å². The predicted molar refractivity (Wildman–Crippen MR) is 73.3 cm³/mol. The quantitative estimate of drug-likeness (QED) is 0.813. The predicted octanol–water partition coefficient (Wildman–Crippen LogP) is 0.523. The van der Waals surface area contributed by atoms with Crippen LogP contribution in [0.3, 0.4) is 0 Å². The Morgan fingerprint density at radius 3 is 3.21 bits per heavy atom. The zero-order chi connectivity index (χ0) is 13.2. The Bertz CT molecular complexity index is 442. The Labute approximate surface area is 113 Å². The van der Waals surface area contributed by atoms with Crippen LogP contribution >= 0.6 is 0 Å². The summed E-state index contributed by atoms with van der Waals surface area (Å²) in [6, 6.07) is 0.737. The molecule has 2 heterocycles. The van der Waals surface area contributed by atoms with Crippen molar-refractivity contribution in [2.24, 2.45) is 0 Å². The van der Waals surface area contributed by atoms with Crippen molar-refractivity contribution >= 4 is 11.9 Å². The van der Waals surface area contributed by atoms with Crippen LogP contribution in [-0.2, 0) is 6.54 Å². The number of carbonyl (C=O) groups excluding carboxylic acids is 1. The monoisotopic (exact) mass is 263 g/mol. The van der Waals surface area contributed by atoms with Gasteiger partial charge >= 0.3 is 0 Å². The van der Waals surface area contributed by atoms with E-state index in [9.17, 15) is 4.79 Å². The van der Waals surface area contributed by atoms with Crippen molar-refractivity contribution in [3.63, 3.8) is 0 Å². The molecule has 104 valence electrons. The van der Waals surface area contributed by atoms with Gasteiger partial charge in [-0.05, 0) is 26.3 Å². The van der Waals surface area contributed by atoms with E-state index in [1.165, 1.54) is 12.8 Å². The molecule has 1 amide bonds. The Morgan fingerprint density at radius 2 is 2.47 bits per heavy atom. The molecule has 0 radical (unpaired) electrons. The fourth-order valence-corrected chi connectivity index (χ4v) is 2.42. The topological polar surface area (TPSA) is 62.2 Å². The molecule has 2 aliphatic rings. The number of nitrogens with zero attached hydrogens (tertiary/aromatic N) is 3. The average molecular weight is 263 g/mol. The van der Waals surface area contributed by atoms with E-state index in [0.29, 0.717) is 12.2 Å². The number of carbonyl (C=O) groups is 1. The number of aryl methyl sites for hydroxylation is 1. The van der Waals surface area contributed by atoms with E-state index < -0.39 is 0 Å². The highest BCUT2D eigenvalue weighted by Crippen LogP contribution is 2.24. The van der Waals surface area contributed by atoms with E-state index in [2.05, 4.69) is 27.6 Å². The van der Waals surface area contributed by atoms with Crippen molar-refractivity contribution in [2.45, 2.75) is 31.8 Å². The van der Waals surface area contributed by atoms with E-state index >= 15 is 0 Å². The fourth-order valence-electron chi connectivity index (χ4n) is 2.42. The molecular formula is C13H21N5O. The summed E-state index contributed by atoms with van der Waals surface area (Å²) in [7, 11) is 2.11. The minimum absolute atomic E-state index is 0.0760. The first-order chi connectivity index (χ1) is 9.24. The number of amides is 1. The Kier molecular flexibility index (Phi) is 3.42. The first-order valence-corrected chi connectivity index (χ1v) is 7.03. The molecule has 3 rings (SSSR count). The molecule has 1 saturated carbocycles. The van der Waals surface area contributed by atoms with Crippen LogP contribution in [0.5, 0.6) is 0 Å². The van der Waals surface area contributed by atoms with Crippen LogP contribution in [0.1, 0.15) is 29.8 Å². The van der Waals surface area contributed by atoms with Gasteiger partial charge in [0.2, 0.25) is 5.95 Å². The van der Waals surface area contributed by atoms with Crippen LogP contribution in [0.15, 0.2) is 6.20 Å². The van der Waals surface area contributed by atoms with Crippen molar-refractivity contribution in [3.8, 4) is 0 Å². The lowest BCUT2D eigenvalue weighted by atomic mass is 10.4. The van der Waals surface area contributed by atoms with Gasteiger partial charge in [-0.15, -0.1) is 0 Å². The highest BCUT2D eigenvalue weighted by Gasteiger charge is 2.25. The van der Waals surface area contributed by atoms with Gasteiger partial charge < -0.3 is 20.1 Å². The van der Waals surface area contributed by atoms with Gasteiger partial charge in [-0.1, -0.05) is 0 Å². The van der Waals surface area contributed by atoms with Crippen molar-refractivity contribution in [1.82, 2.24) is 19.8 Å². The van der Waals surface area contributed by atoms with Crippen molar-refractivity contribution in [3.05, 3.63) is 11.9 Å². The average Bonchev–Trinajstić information content (AvgIpc) is 3.17. The molecule has 0 spiro atoms. The van der Waals surface area contributed by atoms with Gasteiger partial charge in [0.25, 0.3) is 5.91 Å². The van der Waals surface area contributed by atoms with Gasteiger partial charge in [-0.25, -0.2) is 4.98 Å². The zero-order valence-electron chi connectivity index (χ0n) is 11.4. The molecule has 0 unspecified atom stereocenters. The maximum absolute atomic E-state index is 12.0. The van der Waals surface area contributed by atoms with Crippen LogP contribution in [0.25, 0.3) is 0 Å². The van der Waals surface area contributed by atoms with Gasteiger partial charge in [0.1, 0.15) is 5.69 Å². The molecule has 1 aliphatic heterocycles. The second-order valence-electron chi connectivity index (χ2n) is 5.39. The third-order valence-electron chi connectivity index (χ3n) is 3.79. The second-order valence-corrected chi connectivity index (χ2v) is 5.39. The summed E-state index contributed by atoms with van der Waals surface area (Å²) in [5, 5.41) is 6.14. The van der Waals surface area contributed by atoms with Crippen LogP contribution in [0.4, 0.5) is 5.95 Å². The number of aromatic nitrogens is 2. The molecule has 2 N–H and O–H groups in total. The number of rotatable bonds is 5. The number of likely N-dealkylation sites (N-methyl/N-ethyl adjacent to an activating group) is 1. The molecule has 0 bridgehead atoms. The Morgan fingerprint density at radius 1 is 1.63 bits per heavy atom. The molecule has 1 aliphatic carbocycles. The van der Waals surface area contributed by atoms with Gasteiger partial charge in [-0.2, -0.15) is 0 Å². The van der Waals surface area contributed by atoms with E-state index in [0.717, 1.165) is 38.0 Å². The summed E-state index contributed by atoms with van der Waals surface area (Å²) in [5.74, 6) is 0.736. The number of anilines is 1. The van der Waals surface area contributed by atoms with Gasteiger partial charge in [0.15, 0.2) is 0 Å². The molecular weight excluding hydrogens is 242 g/mol. The minimum Gasteiger partial charge on any atom is -0.356 e. The first kappa shape index (κ1) is 12.5. The van der Waals surface area contributed by atoms with E-state index in [1.807, 2.05) is 10.8 Å². The highest BCUT2D eigenvalue weighted by atomic mass is 16.1. The molecule has 0 saturated heterocycles. The number of imidazole rings is 1. The summed E-state index contributed by atoms with van der Waals surface area (Å²) < 4.78 is 2.01. The first-order valence-electron chi connectivity index (χ1n) is 7.03. The number of fused-ring (bicyclic) bond motifs is 1. The summed E-state index contributed by atoms with van der Waals surface area (Å²) in [5.41, 5.74) is 0.512. The lowest BCUT2D eigenvalue weighted by Crippen LogP contribution is -2.34. The van der Waals surface area contributed by atoms with E-state index in [-0.39, 0.29) is 5.91 Å². The largest absolute Gasteiger partial charge is 0.356 e. The normalized spacial score (nSPS) is 18.0. The third kappa shape index (κ3) is 2.89. The van der Waals surface area contributed by atoms with Crippen molar-refractivity contribution in [2.75, 3.05) is 32.0 Å². The molecule has 19 heavy (non-hydrogen) atoms. The molecule has 6 nitrogen and oxygen atoms in total. The lowest BCUT2D eigenvalue weighted by molar-refractivity contribution is 0.0945. The number of nitrogens with one attached hydrogen (secondary N) is 2. The number of hydrogen-bond acceptors (Lipinski definition) is 4. The zero-order valence-corrected chi connectivity index (χ0v) is 11.4.